The van der Waals surface area contributed by atoms with Crippen molar-refractivity contribution in [2.24, 2.45) is 0 Å². The van der Waals surface area contributed by atoms with Crippen LogP contribution in [0.25, 0.3) is 87.7 Å². The third kappa shape index (κ3) is 4.61. The Bertz CT molecular complexity index is 4960. The van der Waals surface area contributed by atoms with Gasteiger partial charge >= 0.3 is 0 Å². The molecule has 0 N–H and O–H groups in total. The van der Waals surface area contributed by atoms with Crippen LogP contribution in [0.4, 0.5) is 17.1 Å². The second kappa shape index (κ2) is 11.7. The molecule has 11 rings (SSSR count). The Morgan fingerprint density at radius 2 is 0.981 bits per heavy atom. The molecule has 0 radical (unpaired) electrons. The molecule has 3 heteroatoms. The van der Waals surface area contributed by atoms with Crippen LogP contribution in [0.2, 0.25) is 0 Å². The maximum absolute atomic E-state index is 10.2. The van der Waals surface area contributed by atoms with Crippen molar-refractivity contribution in [1.82, 2.24) is 0 Å². The average molecular weight is 709 g/mol. The third-order valence-electron chi connectivity index (χ3n) is 8.44. The normalized spacial score (nSPS) is 20.0. The number of para-hydroxylation sites is 3. The topological polar surface area (TPSA) is 29.5 Å². The first-order valence-electron chi connectivity index (χ1n) is 31.0. The molecule has 0 aliphatic rings. The van der Waals surface area contributed by atoms with Crippen molar-refractivity contribution < 1.29 is 51.3 Å². The predicted molar refractivity (Wildman–Crippen MR) is 222 cm³/mol. The number of fused-ring (bicyclic) bond motifs is 9. The van der Waals surface area contributed by atoms with Gasteiger partial charge in [-0.15, -0.1) is 0 Å². The van der Waals surface area contributed by atoms with Crippen LogP contribution in [0.3, 0.4) is 0 Å². The van der Waals surface area contributed by atoms with Crippen molar-refractivity contribution in [2.45, 2.75) is 0 Å². The maximum atomic E-state index is 10.2. The summed E-state index contributed by atoms with van der Waals surface area (Å²) in [5, 5.41) is -5.69. The van der Waals surface area contributed by atoms with E-state index < -0.39 is 292 Å². The highest BCUT2D eigenvalue weighted by Gasteiger charge is 2.24. The summed E-state index contributed by atoms with van der Waals surface area (Å²) in [7, 11) is 0. The minimum absolute atomic E-state index is 0.472. The van der Waals surface area contributed by atoms with Gasteiger partial charge < -0.3 is 13.7 Å². The van der Waals surface area contributed by atoms with Gasteiger partial charge in [-0.2, -0.15) is 0 Å². The summed E-state index contributed by atoms with van der Waals surface area (Å²) in [5.74, 6) is 0. The average Bonchev–Trinajstić information content (AvgIpc) is 1.19. The van der Waals surface area contributed by atoms with E-state index >= 15 is 0 Å². The third-order valence-corrected chi connectivity index (χ3v) is 8.44. The maximum Gasteiger partial charge on any atom is 0.145 e. The van der Waals surface area contributed by atoms with Crippen LogP contribution in [0.1, 0.15) is 42.5 Å². The van der Waals surface area contributed by atoms with E-state index in [1.807, 2.05) is 0 Å². The van der Waals surface area contributed by atoms with Gasteiger partial charge in [-0.05, 0) is 87.2 Å². The fourth-order valence-corrected chi connectivity index (χ4v) is 6.26. The molecule has 3 nitrogen and oxygen atoms in total. The van der Waals surface area contributed by atoms with E-state index in [2.05, 4.69) is 0 Å². The van der Waals surface area contributed by atoms with Crippen molar-refractivity contribution in [3.05, 3.63) is 187 Å². The number of hydrogen-bond donors (Lipinski definition) is 0. The van der Waals surface area contributed by atoms with Gasteiger partial charge in [-0.1, -0.05) is 133 Å². The Kier molecular flexibility index (Phi) is 2.71. The van der Waals surface area contributed by atoms with E-state index in [1.54, 1.807) is 0 Å². The molecule has 0 amide bonds. The van der Waals surface area contributed by atoms with Gasteiger partial charge in [0.1, 0.15) is 22.3 Å². The second-order valence-electron chi connectivity index (χ2n) is 11.3. The second-order valence-corrected chi connectivity index (χ2v) is 11.3. The quantitative estimate of drug-likeness (QED) is 0.167. The molecule has 9 aromatic carbocycles. The lowest BCUT2D eigenvalue weighted by Crippen LogP contribution is -2.11. The lowest BCUT2D eigenvalue weighted by Gasteiger charge is -2.28. The summed E-state index contributed by atoms with van der Waals surface area (Å²) in [4.78, 5) is 0.472. The number of furan rings is 2. The van der Waals surface area contributed by atoms with Crippen LogP contribution in [-0.2, 0) is 0 Å². The molecule has 11 aromatic rings. The molecule has 0 unspecified atom stereocenters. The number of benzene rings is 9. The van der Waals surface area contributed by atoms with E-state index in [0.29, 0.717) is 4.90 Å². The summed E-state index contributed by atoms with van der Waals surface area (Å²) in [6.07, 6.45) is 0. The Hall–Kier alpha value is -7.10. The summed E-state index contributed by atoms with van der Waals surface area (Å²) in [6, 6.07) is -31.6. The molecule has 0 saturated heterocycles. The number of hydrogen-bond acceptors (Lipinski definition) is 3. The van der Waals surface area contributed by atoms with Gasteiger partial charge in [-0.3, -0.25) is 0 Å². The lowest BCUT2D eigenvalue weighted by atomic mass is 9.94. The van der Waals surface area contributed by atoms with Gasteiger partial charge in [0.15, 0.2) is 0 Å². The van der Waals surface area contributed by atoms with Gasteiger partial charge in [0, 0.05) is 32.8 Å². The van der Waals surface area contributed by atoms with Crippen LogP contribution in [0, 0.1) is 0 Å². The molecule has 2 heterocycles. The SMILES string of the molecule is [2H]c1c([2H])c([2H])c(N(c2c([2H])c3c([2H])c([2H])c([2H])c([2H])c3c3c([2H])c([2H])c([2H])c([2H])c23)c2c([2H])c([2H])c(-c3c([2H])c([2H])c([2H])c(-c4c([2H])c([2H])c([2H])c5oc6c([2H])c([2H])c([2H])c([2H])c6c45)c3[2H])c3oc4c([2H])c([2H])c([2H])c([2H])c4c23)c([2H])c1[2H]. The fraction of sp³-hybridized carbons (Fsp3) is 0. The molecule has 0 saturated carbocycles. The van der Waals surface area contributed by atoms with E-state index in [9.17, 15) is 17.8 Å². The van der Waals surface area contributed by atoms with Crippen molar-refractivity contribution in [3.63, 3.8) is 0 Å². The molecular formula is C50H31NO2. The molecule has 0 spiro atoms. The number of anilines is 3. The zero-order valence-electron chi connectivity index (χ0n) is 57.3. The van der Waals surface area contributed by atoms with Crippen LogP contribution < -0.4 is 4.90 Å². The summed E-state index contributed by atoms with van der Waals surface area (Å²) >= 11 is 0. The highest BCUT2D eigenvalue weighted by atomic mass is 16.3. The Morgan fingerprint density at radius 3 is 1.79 bits per heavy atom. The van der Waals surface area contributed by atoms with Gasteiger partial charge in [0.25, 0.3) is 0 Å². The zero-order chi connectivity index (χ0) is 61.9. The van der Waals surface area contributed by atoms with E-state index in [0.717, 1.165) is 0 Å². The molecule has 0 aliphatic carbocycles. The van der Waals surface area contributed by atoms with Gasteiger partial charge in [0.2, 0.25) is 0 Å². The van der Waals surface area contributed by atoms with Gasteiger partial charge in [0.05, 0.1) is 59.3 Å². The highest BCUT2D eigenvalue weighted by Crippen LogP contribution is 2.49. The van der Waals surface area contributed by atoms with Crippen molar-refractivity contribution in [2.75, 3.05) is 4.90 Å². The molecule has 53 heavy (non-hydrogen) atoms. The smallest absolute Gasteiger partial charge is 0.145 e. The van der Waals surface area contributed by atoms with Crippen molar-refractivity contribution in [3.8, 4) is 22.3 Å². The first-order chi connectivity index (χ1) is 39.2. The van der Waals surface area contributed by atoms with Crippen molar-refractivity contribution in [1.29, 1.82) is 0 Å². The van der Waals surface area contributed by atoms with Crippen LogP contribution in [0.5, 0.6) is 0 Å². The molecule has 0 fully saturated rings. The van der Waals surface area contributed by atoms with Crippen LogP contribution in [0.15, 0.2) is 196 Å². The first-order valence-corrected chi connectivity index (χ1v) is 15.5. The minimum atomic E-state index is -1.29. The Labute approximate surface area is 349 Å². The molecule has 2 aromatic heterocycles. The van der Waals surface area contributed by atoms with Crippen LogP contribution in [-0.4, -0.2) is 0 Å². The number of rotatable bonds is 5. The standard InChI is InChI=1S/C50H31NO2/c1-2-17-35(18-3-1)51(44-31-34-14-4-5-19-36(34)39-20-6-7-21-40(39)44)43-29-28-38(50-49(43)42-23-9-11-26-46(42)53-50)33-16-12-15-32(30-33)37-24-13-27-47-48(37)41-22-8-10-25-45(41)52-47/h1-31H/i1D,2D,3D,4D,5D,6D,7D,8D,9D,10D,11D,12D,13D,14D,15D,16D,17D,18D,19D,20D,21D,22D,23D,24D,25D,26D,27D,28D,29D,30D,31D. The predicted octanol–water partition coefficient (Wildman–Crippen LogP) is 14.6. The Morgan fingerprint density at radius 1 is 0.377 bits per heavy atom. The molecular weight excluding hydrogens is 647 g/mol. The molecule has 0 bridgehead atoms. The van der Waals surface area contributed by atoms with E-state index in [1.165, 1.54) is 0 Å². The molecule has 248 valence electrons. The lowest BCUT2D eigenvalue weighted by molar-refractivity contribution is 0.669. The summed E-state index contributed by atoms with van der Waals surface area (Å²) in [6.45, 7) is 0. The minimum Gasteiger partial charge on any atom is -0.456 e. The summed E-state index contributed by atoms with van der Waals surface area (Å²) < 4.78 is 294. The first kappa shape index (κ1) is 12.3. The van der Waals surface area contributed by atoms with Crippen molar-refractivity contribution >= 4 is 82.5 Å². The largest absolute Gasteiger partial charge is 0.456 e. The fourth-order valence-electron chi connectivity index (χ4n) is 6.26. The summed E-state index contributed by atoms with van der Waals surface area (Å²) in [5.41, 5.74) is -9.68. The van der Waals surface area contributed by atoms with E-state index in [4.69, 9.17) is 33.5 Å². The Balaban J connectivity index is 1.43. The van der Waals surface area contributed by atoms with Gasteiger partial charge in [-0.25, -0.2) is 0 Å². The monoisotopic (exact) mass is 708 g/mol. The number of nitrogens with zero attached hydrogens (tertiary/aromatic N) is 1. The van der Waals surface area contributed by atoms with Crippen LogP contribution >= 0.6 is 0 Å². The molecule has 0 aliphatic heterocycles. The molecule has 0 atom stereocenters. The highest BCUT2D eigenvalue weighted by molar-refractivity contribution is 6.20. The zero-order valence-corrected chi connectivity index (χ0v) is 26.3. The van der Waals surface area contributed by atoms with E-state index in [-0.39, 0.29) is 0 Å².